The summed E-state index contributed by atoms with van der Waals surface area (Å²) in [5.74, 6) is 0.0516. The summed E-state index contributed by atoms with van der Waals surface area (Å²) in [6.07, 6.45) is 4.08. The van der Waals surface area contributed by atoms with Crippen molar-refractivity contribution in [2.45, 2.75) is 52.0 Å². The lowest BCUT2D eigenvalue weighted by Crippen LogP contribution is -2.16. The lowest BCUT2D eigenvalue weighted by Gasteiger charge is -2.13. The van der Waals surface area contributed by atoms with Gasteiger partial charge in [-0.15, -0.1) is 5.10 Å². The molecule has 1 N–H and O–H groups in total. The van der Waals surface area contributed by atoms with Crippen LogP contribution in [0.1, 0.15) is 51.3 Å². The third kappa shape index (κ3) is 3.29. The maximum atomic E-state index is 10.6. The first-order valence-corrected chi connectivity index (χ1v) is 5.66. The van der Waals surface area contributed by atoms with E-state index in [4.69, 9.17) is 5.11 Å². The Morgan fingerprint density at radius 2 is 2.00 bits per heavy atom. The Labute approximate surface area is 94.7 Å². The van der Waals surface area contributed by atoms with Crippen LogP contribution in [0.4, 0.5) is 0 Å². The van der Waals surface area contributed by atoms with E-state index in [1.807, 2.05) is 0 Å². The topological polar surface area (TPSA) is 80.9 Å². The average Bonchev–Trinajstić information content (AvgIpc) is 2.64. The molecule has 0 atom stereocenters. The lowest BCUT2D eigenvalue weighted by molar-refractivity contribution is -0.138. The number of hydrogen-bond donors (Lipinski definition) is 1. The highest BCUT2D eigenvalue weighted by Gasteiger charge is 2.18. The van der Waals surface area contributed by atoms with Gasteiger partial charge in [-0.25, -0.2) is 4.68 Å². The quantitative estimate of drug-likeness (QED) is 0.760. The van der Waals surface area contributed by atoms with Gasteiger partial charge >= 0.3 is 5.97 Å². The van der Waals surface area contributed by atoms with Crippen molar-refractivity contribution in [3.8, 4) is 0 Å². The highest BCUT2D eigenvalue weighted by atomic mass is 16.4. The predicted octanol–water partition coefficient (Wildman–Crippen LogP) is 1.44. The van der Waals surface area contributed by atoms with Crippen LogP contribution >= 0.6 is 0 Å². The minimum atomic E-state index is -0.916. The van der Waals surface area contributed by atoms with Gasteiger partial charge in [0.15, 0.2) is 5.82 Å². The Hall–Kier alpha value is -1.46. The number of carboxylic acids is 1. The third-order valence-corrected chi connectivity index (χ3v) is 2.48. The standard InChI is InChI=1S/C10H18N4O2/c1-3-5-8(6-4-2)10-11-12-13-14(10)7-9(15)16/h8H,3-7H2,1-2H3,(H,15,16). The molecule has 1 aromatic heterocycles. The van der Waals surface area contributed by atoms with E-state index in [1.165, 1.54) is 4.68 Å². The molecule has 0 bridgehead atoms. The van der Waals surface area contributed by atoms with Gasteiger partial charge < -0.3 is 5.11 Å². The molecule has 90 valence electrons. The van der Waals surface area contributed by atoms with Crippen LogP contribution in [0.25, 0.3) is 0 Å². The molecule has 16 heavy (non-hydrogen) atoms. The summed E-state index contributed by atoms with van der Waals surface area (Å²) >= 11 is 0. The Morgan fingerprint density at radius 3 is 2.50 bits per heavy atom. The van der Waals surface area contributed by atoms with Gasteiger partial charge in [0.05, 0.1) is 0 Å². The molecule has 6 nitrogen and oxygen atoms in total. The summed E-state index contributed by atoms with van der Waals surface area (Å²) in [7, 11) is 0. The van der Waals surface area contributed by atoms with E-state index in [-0.39, 0.29) is 12.5 Å². The summed E-state index contributed by atoms with van der Waals surface area (Å²) < 4.78 is 1.39. The number of carbonyl (C=O) groups is 1. The van der Waals surface area contributed by atoms with E-state index >= 15 is 0 Å². The number of aliphatic carboxylic acids is 1. The Bertz CT molecular complexity index is 331. The van der Waals surface area contributed by atoms with E-state index in [9.17, 15) is 4.79 Å². The SMILES string of the molecule is CCCC(CCC)c1nnnn1CC(=O)O. The third-order valence-electron chi connectivity index (χ3n) is 2.48. The van der Waals surface area contributed by atoms with Crippen molar-refractivity contribution >= 4 is 5.97 Å². The van der Waals surface area contributed by atoms with Crippen LogP contribution in [0, 0.1) is 0 Å². The highest BCUT2D eigenvalue weighted by Crippen LogP contribution is 2.23. The predicted molar refractivity (Wildman–Crippen MR) is 58.0 cm³/mol. The summed E-state index contributed by atoms with van der Waals surface area (Å²) in [4.78, 5) is 10.6. The Morgan fingerprint density at radius 1 is 1.38 bits per heavy atom. The lowest BCUT2D eigenvalue weighted by atomic mass is 9.97. The van der Waals surface area contributed by atoms with E-state index < -0.39 is 5.97 Å². The average molecular weight is 226 g/mol. The molecule has 0 fully saturated rings. The maximum Gasteiger partial charge on any atom is 0.325 e. The zero-order valence-corrected chi connectivity index (χ0v) is 9.76. The summed E-state index contributed by atoms with van der Waals surface area (Å²) in [6.45, 7) is 4.05. The second-order valence-electron chi connectivity index (χ2n) is 3.86. The van der Waals surface area contributed by atoms with Crippen molar-refractivity contribution in [3.05, 3.63) is 5.82 Å². The minimum Gasteiger partial charge on any atom is -0.480 e. The van der Waals surface area contributed by atoms with Crippen LogP contribution in [-0.2, 0) is 11.3 Å². The first-order chi connectivity index (χ1) is 7.69. The van der Waals surface area contributed by atoms with Gasteiger partial charge in [-0.1, -0.05) is 26.7 Å². The van der Waals surface area contributed by atoms with Crippen molar-refractivity contribution in [2.75, 3.05) is 0 Å². The maximum absolute atomic E-state index is 10.6. The van der Waals surface area contributed by atoms with Crippen LogP contribution in [-0.4, -0.2) is 31.3 Å². The first-order valence-electron chi connectivity index (χ1n) is 5.66. The number of rotatable bonds is 7. The molecule has 0 spiro atoms. The summed E-state index contributed by atoms with van der Waals surface area (Å²) in [5, 5.41) is 20.0. The molecule has 0 aromatic carbocycles. The van der Waals surface area contributed by atoms with Gasteiger partial charge in [0, 0.05) is 5.92 Å². The molecule has 0 saturated carbocycles. The van der Waals surface area contributed by atoms with Gasteiger partial charge in [-0.2, -0.15) is 0 Å². The molecule has 0 aliphatic rings. The Balaban J connectivity index is 2.81. The molecule has 0 saturated heterocycles. The molecule has 0 radical (unpaired) electrons. The fourth-order valence-electron chi connectivity index (χ4n) is 1.84. The number of tetrazole rings is 1. The highest BCUT2D eigenvalue weighted by molar-refractivity contribution is 5.66. The van der Waals surface area contributed by atoms with Gasteiger partial charge in [0.2, 0.25) is 0 Å². The van der Waals surface area contributed by atoms with Crippen molar-refractivity contribution in [3.63, 3.8) is 0 Å². The molecule has 0 aliphatic carbocycles. The second kappa shape index (κ2) is 6.19. The van der Waals surface area contributed by atoms with Gasteiger partial charge in [-0.3, -0.25) is 4.79 Å². The van der Waals surface area contributed by atoms with Crippen molar-refractivity contribution in [1.29, 1.82) is 0 Å². The molecule has 0 unspecified atom stereocenters. The minimum absolute atomic E-state index is 0.160. The van der Waals surface area contributed by atoms with Gasteiger partial charge in [0.25, 0.3) is 0 Å². The van der Waals surface area contributed by atoms with Crippen LogP contribution in [0.5, 0.6) is 0 Å². The van der Waals surface area contributed by atoms with Gasteiger partial charge in [0.1, 0.15) is 6.54 Å². The van der Waals surface area contributed by atoms with E-state index in [0.29, 0.717) is 5.82 Å². The molecule has 1 rings (SSSR count). The Kier molecular flexibility index (Phi) is 4.88. The van der Waals surface area contributed by atoms with Gasteiger partial charge in [-0.05, 0) is 23.3 Å². The zero-order valence-electron chi connectivity index (χ0n) is 9.76. The van der Waals surface area contributed by atoms with Crippen molar-refractivity contribution in [2.24, 2.45) is 0 Å². The molecule has 6 heteroatoms. The molecular weight excluding hydrogens is 208 g/mol. The number of nitrogens with zero attached hydrogens (tertiary/aromatic N) is 4. The largest absolute Gasteiger partial charge is 0.480 e. The molecule has 1 heterocycles. The first kappa shape index (κ1) is 12.6. The molecule has 0 amide bonds. The fraction of sp³-hybridized carbons (Fsp3) is 0.800. The number of carboxylic acid groups (broad SMARTS) is 1. The smallest absolute Gasteiger partial charge is 0.325 e. The normalized spacial score (nSPS) is 10.9. The molecular formula is C10H18N4O2. The summed E-state index contributed by atoms with van der Waals surface area (Å²) in [5.41, 5.74) is 0. The van der Waals surface area contributed by atoms with Crippen molar-refractivity contribution in [1.82, 2.24) is 20.2 Å². The fourth-order valence-corrected chi connectivity index (χ4v) is 1.84. The second-order valence-corrected chi connectivity index (χ2v) is 3.86. The van der Waals surface area contributed by atoms with Crippen molar-refractivity contribution < 1.29 is 9.90 Å². The van der Waals surface area contributed by atoms with E-state index in [0.717, 1.165) is 25.7 Å². The van der Waals surface area contributed by atoms with Crippen LogP contribution < -0.4 is 0 Å². The molecule has 1 aromatic rings. The van der Waals surface area contributed by atoms with E-state index in [1.54, 1.807) is 0 Å². The van der Waals surface area contributed by atoms with Crippen LogP contribution in [0.2, 0.25) is 0 Å². The van der Waals surface area contributed by atoms with Crippen LogP contribution in [0.15, 0.2) is 0 Å². The number of aromatic nitrogens is 4. The molecule has 0 aliphatic heterocycles. The summed E-state index contributed by atoms with van der Waals surface area (Å²) in [6, 6.07) is 0. The zero-order chi connectivity index (χ0) is 12.0. The monoisotopic (exact) mass is 226 g/mol. The van der Waals surface area contributed by atoms with Crippen LogP contribution in [0.3, 0.4) is 0 Å². The number of hydrogen-bond acceptors (Lipinski definition) is 4. The van der Waals surface area contributed by atoms with E-state index in [2.05, 4.69) is 29.4 Å².